The van der Waals surface area contributed by atoms with Gasteiger partial charge < -0.3 is 10.5 Å². The Morgan fingerprint density at radius 1 is 1.24 bits per heavy atom. The molecule has 2 aromatic rings. The lowest BCUT2D eigenvalue weighted by molar-refractivity contribution is -0.119. The van der Waals surface area contributed by atoms with Gasteiger partial charge in [-0.3, -0.25) is 14.4 Å². The number of nitrogens with two attached hydrogens (primary N) is 1. The van der Waals surface area contributed by atoms with Gasteiger partial charge >= 0.3 is 5.97 Å². The fourth-order valence-electron chi connectivity index (χ4n) is 3.81. The lowest BCUT2D eigenvalue weighted by atomic mass is 10.0. The van der Waals surface area contributed by atoms with Crippen molar-refractivity contribution in [2.45, 2.75) is 52.3 Å². The zero-order valence-corrected chi connectivity index (χ0v) is 17.2. The van der Waals surface area contributed by atoms with Crippen molar-refractivity contribution in [2.75, 3.05) is 13.1 Å². The molecule has 7 nitrogen and oxygen atoms in total. The van der Waals surface area contributed by atoms with Gasteiger partial charge in [-0.25, -0.2) is 4.79 Å². The summed E-state index contributed by atoms with van der Waals surface area (Å²) in [6.07, 6.45) is 4.17. The molecule has 29 heavy (non-hydrogen) atoms. The van der Waals surface area contributed by atoms with Crippen LogP contribution in [0, 0.1) is 12.8 Å². The van der Waals surface area contributed by atoms with Crippen molar-refractivity contribution in [2.24, 2.45) is 11.7 Å². The molecule has 156 valence electrons. The molecule has 0 unspecified atom stereocenters. The average Bonchev–Trinajstić information content (AvgIpc) is 3.23. The maximum absolute atomic E-state index is 12.5. The molecular weight excluding hydrogens is 368 g/mol. The molecule has 1 aromatic carbocycles. The van der Waals surface area contributed by atoms with Crippen molar-refractivity contribution in [3.05, 3.63) is 53.3 Å². The predicted octanol–water partition coefficient (Wildman–Crippen LogP) is 2.52. The standard InChI is InChI=1S/C22H30N4O3/c1-3-4-10-26-14-19(16(2)24-26)13-25-12-18(11-21(23)27)20(15-25)29-22(28)17-8-6-5-7-9-17/h5-9,14,18,20H,3-4,10-13,15H2,1-2H3,(H2,23,27)/t18-,20+/m0/s1. The Bertz CT molecular complexity index is 834. The van der Waals surface area contributed by atoms with E-state index in [1.54, 1.807) is 24.3 Å². The number of nitrogens with zero attached hydrogens (tertiary/aromatic N) is 3. The number of rotatable bonds is 9. The number of ether oxygens (including phenoxy) is 1. The molecule has 0 bridgehead atoms. The lowest BCUT2D eigenvalue weighted by Gasteiger charge is -2.18. The molecule has 1 aliphatic rings. The van der Waals surface area contributed by atoms with Crippen LogP contribution >= 0.6 is 0 Å². The Kier molecular flexibility index (Phi) is 7.04. The molecule has 0 radical (unpaired) electrons. The second-order valence-corrected chi connectivity index (χ2v) is 7.79. The van der Waals surface area contributed by atoms with Gasteiger partial charge in [-0.2, -0.15) is 5.10 Å². The molecule has 1 fully saturated rings. The highest BCUT2D eigenvalue weighted by Gasteiger charge is 2.36. The second-order valence-electron chi connectivity index (χ2n) is 7.79. The summed E-state index contributed by atoms with van der Waals surface area (Å²) in [5, 5.41) is 4.60. The van der Waals surface area contributed by atoms with Crippen LogP contribution in [0.5, 0.6) is 0 Å². The predicted molar refractivity (Wildman–Crippen MR) is 110 cm³/mol. The highest BCUT2D eigenvalue weighted by molar-refractivity contribution is 5.89. The molecule has 0 spiro atoms. The van der Waals surface area contributed by atoms with Crippen LogP contribution in [0.3, 0.4) is 0 Å². The summed E-state index contributed by atoms with van der Waals surface area (Å²) < 4.78 is 7.76. The number of esters is 1. The minimum absolute atomic E-state index is 0.101. The number of hydrogen-bond donors (Lipinski definition) is 1. The van der Waals surface area contributed by atoms with E-state index in [0.717, 1.165) is 30.6 Å². The van der Waals surface area contributed by atoms with Crippen LogP contribution in [0.2, 0.25) is 0 Å². The number of hydrogen-bond acceptors (Lipinski definition) is 5. The second kappa shape index (κ2) is 9.69. The average molecular weight is 399 g/mol. The van der Waals surface area contributed by atoms with E-state index >= 15 is 0 Å². The molecule has 0 aliphatic carbocycles. The number of carbonyl (C=O) groups is 2. The molecule has 2 N–H and O–H groups in total. The van der Waals surface area contributed by atoms with Crippen LogP contribution in [-0.4, -0.2) is 45.8 Å². The molecule has 1 aromatic heterocycles. The number of aromatic nitrogens is 2. The van der Waals surface area contributed by atoms with Crippen LogP contribution in [0.15, 0.2) is 36.5 Å². The van der Waals surface area contributed by atoms with Gasteiger partial charge in [0, 0.05) is 50.3 Å². The number of benzene rings is 1. The molecule has 1 aliphatic heterocycles. The fraction of sp³-hybridized carbons (Fsp3) is 0.500. The number of unbranched alkanes of at least 4 members (excludes halogenated alkanes) is 1. The summed E-state index contributed by atoms with van der Waals surface area (Å²) in [4.78, 5) is 26.2. The fourth-order valence-corrected chi connectivity index (χ4v) is 3.81. The van der Waals surface area contributed by atoms with Gasteiger partial charge in [0.25, 0.3) is 0 Å². The Morgan fingerprint density at radius 2 is 2.00 bits per heavy atom. The molecule has 2 heterocycles. The number of aryl methyl sites for hydroxylation is 2. The van der Waals surface area contributed by atoms with Crippen molar-refractivity contribution in [3.8, 4) is 0 Å². The first-order valence-electron chi connectivity index (χ1n) is 10.3. The number of carbonyl (C=O) groups excluding carboxylic acids is 2. The monoisotopic (exact) mass is 398 g/mol. The van der Waals surface area contributed by atoms with Crippen molar-refractivity contribution in [1.29, 1.82) is 0 Å². The Balaban J connectivity index is 1.66. The summed E-state index contributed by atoms with van der Waals surface area (Å²) in [5.41, 5.74) is 8.12. The minimum Gasteiger partial charge on any atom is -0.457 e. The van der Waals surface area contributed by atoms with E-state index < -0.39 is 0 Å². The number of primary amides is 1. The zero-order chi connectivity index (χ0) is 20.8. The number of likely N-dealkylation sites (tertiary alicyclic amines) is 1. The minimum atomic E-state index is -0.374. The molecular formula is C22H30N4O3. The Morgan fingerprint density at radius 3 is 2.69 bits per heavy atom. The van der Waals surface area contributed by atoms with E-state index in [4.69, 9.17) is 10.5 Å². The van der Waals surface area contributed by atoms with Crippen LogP contribution in [0.4, 0.5) is 0 Å². The van der Waals surface area contributed by atoms with Gasteiger partial charge in [-0.1, -0.05) is 31.5 Å². The van der Waals surface area contributed by atoms with Crippen molar-refractivity contribution < 1.29 is 14.3 Å². The quantitative estimate of drug-likeness (QED) is 0.656. The molecule has 1 saturated heterocycles. The van der Waals surface area contributed by atoms with E-state index in [9.17, 15) is 9.59 Å². The summed E-state index contributed by atoms with van der Waals surface area (Å²) in [6.45, 7) is 7.05. The molecule has 0 saturated carbocycles. The topological polar surface area (TPSA) is 90.5 Å². The van der Waals surface area contributed by atoms with Crippen molar-refractivity contribution >= 4 is 11.9 Å². The van der Waals surface area contributed by atoms with Gasteiger partial charge in [-0.15, -0.1) is 0 Å². The lowest BCUT2D eigenvalue weighted by Crippen LogP contribution is -2.29. The van der Waals surface area contributed by atoms with Gasteiger partial charge in [-0.05, 0) is 25.5 Å². The molecule has 7 heteroatoms. The largest absolute Gasteiger partial charge is 0.457 e. The molecule has 3 rings (SSSR count). The zero-order valence-electron chi connectivity index (χ0n) is 17.2. The first kappa shape index (κ1) is 21.0. The third kappa shape index (κ3) is 5.67. The van der Waals surface area contributed by atoms with E-state index in [-0.39, 0.29) is 30.3 Å². The summed E-state index contributed by atoms with van der Waals surface area (Å²) in [6, 6.07) is 8.92. The maximum atomic E-state index is 12.5. The van der Waals surface area contributed by atoms with Gasteiger partial charge in [0.05, 0.1) is 11.3 Å². The Hall–Kier alpha value is -2.67. The van der Waals surface area contributed by atoms with Crippen LogP contribution < -0.4 is 5.73 Å². The molecule has 1 amide bonds. The van der Waals surface area contributed by atoms with Gasteiger partial charge in [0.15, 0.2) is 0 Å². The van der Waals surface area contributed by atoms with Crippen LogP contribution in [0.1, 0.15) is 47.8 Å². The summed E-state index contributed by atoms with van der Waals surface area (Å²) in [7, 11) is 0. The first-order valence-corrected chi connectivity index (χ1v) is 10.3. The molecule has 2 atom stereocenters. The van der Waals surface area contributed by atoms with Crippen LogP contribution in [-0.2, 0) is 22.6 Å². The van der Waals surface area contributed by atoms with Gasteiger partial charge in [0.2, 0.25) is 5.91 Å². The first-order chi connectivity index (χ1) is 14.0. The van der Waals surface area contributed by atoms with E-state index in [1.165, 1.54) is 0 Å². The highest BCUT2D eigenvalue weighted by Crippen LogP contribution is 2.26. The smallest absolute Gasteiger partial charge is 0.338 e. The SMILES string of the molecule is CCCCn1cc(CN2C[C@H](CC(N)=O)[C@H](OC(=O)c3ccccc3)C2)c(C)n1. The van der Waals surface area contributed by atoms with E-state index in [2.05, 4.69) is 23.1 Å². The third-order valence-corrected chi connectivity index (χ3v) is 5.37. The maximum Gasteiger partial charge on any atom is 0.338 e. The number of amides is 1. The van der Waals surface area contributed by atoms with Crippen molar-refractivity contribution in [3.63, 3.8) is 0 Å². The van der Waals surface area contributed by atoms with E-state index in [0.29, 0.717) is 25.2 Å². The van der Waals surface area contributed by atoms with Crippen molar-refractivity contribution in [1.82, 2.24) is 14.7 Å². The third-order valence-electron chi connectivity index (χ3n) is 5.37. The summed E-state index contributed by atoms with van der Waals surface area (Å²) in [5.74, 6) is -0.840. The summed E-state index contributed by atoms with van der Waals surface area (Å²) >= 11 is 0. The highest BCUT2D eigenvalue weighted by atomic mass is 16.5. The van der Waals surface area contributed by atoms with Gasteiger partial charge in [0.1, 0.15) is 6.10 Å². The normalized spacial score (nSPS) is 19.4. The van der Waals surface area contributed by atoms with Crippen LogP contribution in [0.25, 0.3) is 0 Å². The Labute approximate surface area is 171 Å². The van der Waals surface area contributed by atoms with E-state index in [1.807, 2.05) is 17.7 Å².